The summed E-state index contributed by atoms with van der Waals surface area (Å²) in [6, 6.07) is 4.54. The average molecular weight is 233 g/mol. The van der Waals surface area contributed by atoms with Crippen LogP contribution < -0.4 is 5.73 Å². The Morgan fingerprint density at radius 3 is 2.82 bits per heavy atom. The van der Waals surface area contributed by atoms with E-state index in [2.05, 4.69) is 4.98 Å². The van der Waals surface area contributed by atoms with E-state index in [9.17, 15) is 10.1 Å². The Bertz CT molecular complexity index is 563. The van der Waals surface area contributed by atoms with Gasteiger partial charge in [0.2, 0.25) is 5.89 Å². The second-order valence-electron chi connectivity index (χ2n) is 3.60. The average Bonchev–Trinajstić information content (AvgIpc) is 2.77. The minimum absolute atomic E-state index is 0.0526. The number of nitrogens with two attached hydrogens (primary N) is 1. The van der Waals surface area contributed by atoms with Crippen molar-refractivity contribution in [3.8, 4) is 11.5 Å². The predicted molar refractivity (Wildman–Crippen MR) is 61.2 cm³/mol. The van der Waals surface area contributed by atoms with Gasteiger partial charge in [0, 0.05) is 24.2 Å². The molecule has 1 aromatic heterocycles. The van der Waals surface area contributed by atoms with Gasteiger partial charge >= 0.3 is 0 Å². The predicted octanol–water partition coefficient (Wildman–Crippen LogP) is 2.02. The molecule has 0 aliphatic heterocycles. The number of benzene rings is 1. The Balaban J connectivity index is 2.42. The van der Waals surface area contributed by atoms with Crippen LogP contribution in [0, 0.1) is 17.0 Å². The van der Waals surface area contributed by atoms with Gasteiger partial charge in [-0.15, -0.1) is 0 Å². The third-order valence-corrected chi connectivity index (χ3v) is 2.41. The van der Waals surface area contributed by atoms with E-state index in [1.165, 1.54) is 18.4 Å². The van der Waals surface area contributed by atoms with Crippen molar-refractivity contribution in [1.29, 1.82) is 0 Å². The molecule has 6 heteroatoms. The van der Waals surface area contributed by atoms with Gasteiger partial charge in [0.05, 0.1) is 10.6 Å². The molecule has 0 bridgehead atoms. The van der Waals surface area contributed by atoms with Crippen molar-refractivity contribution in [2.75, 3.05) is 0 Å². The monoisotopic (exact) mass is 233 g/mol. The van der Waals surface area contributed by atoms with Crippen molar-refractivity contribution >= 4 is 5.69 Å². The number of oxazole rings is 1. The summed E-state index contributed by atoms with van der Waals surface area (Å²) in [7, 11) is 0. The number of nitro groups is 1. The van der Waals surface area contributed by atoms with Crippen molar-refractivity contribution in [2.24, 2.45) is 5.73 Å². The molecule has 1 heterocycles. The number of aryl methyl sites for hydroxylation is 1. The van der Waals surface area contributed by atoms with Crippen LogP contribution in [0.1, 0.15) is 11.3 Å². The molecule has 6 nitrogen and oxygen atoms in total. The van der Waals surface area contributed by atoms with Gasteiger partial charge in [-0.05, 0) is 18.6 Å². The standard InChI is InChI=1S/C11H11N3O3/c1-7-4-9(14(15)16)2-3-10(7)11-13-8(5-12)6-17-11/h2-4,6H,5,12H2,1H3. The van der Waals surface area contributed by atoms with Crippen molar-refractivity contribution in [3.05, 3.63) is 45.8 Å². The maximum atomic E-state index is 10.6. The van der Waals surface area contributed by atoms with E-state index >= 15 is 0 Å². The summed E-state index contributed by atoms with van der Waals surface area (Å²) in [6.45, 7) is 2.07. The summed E-state index contributed by atoms with van der Waals surface area (Å²) in [5.41, 5.74) is 7.61. The Hall–Kier alpha value is -2.21. The lowest BCUT2D eigenvalue weighted by atomic mass is 10.1. The molecule has 0 unspecified atom stereocenters. The molecule has 88 valence electrons. The molecule has 2 rings (SSSR count). The van der Waals surface area contributed by atoms with Gasteiger partial charge in [0.15, 0.2) is 0 Å². The first kappa shape index (κ1) is 11.3. The second kappa shape index (κ2) is 4.34. The van der Waals surface area contributed by atoms with Crippen molar-refractivity contribution < 1.29 is 9.34 Å². The lowest BCUT2D eigenvalue weighted by molar-refractivity contribution is -0.384. The molecule has 0 amide bonds. The van der Waals surface area contributed by atoms with Crippen LogP contribution in [0.15, 0.2) is 28.9 Å². The van der Waals surface area contributed by atoms with E-state index in [1.807, 2.05) is 0 Å². The smallest absolute Gasteiger partial charge is 0.269 e. The van der Waals surface area contributed by atoms with Crippen LogP contribution >= 0.6 is 0 Å². The van der Waals surface area contributed by atoms with Gasteiger partial charge in [-0.1, -0.05) is 0 Å². The molecule has 0 fully saturated rings. The van der Waals surface area contributed by atoms with Crippen LogP contribution in [0.2, 0.25) is 0 Å². The maximum Gasteiger partial charge on any atom is 0.269 e. The zero-order chi connectivity index (χ0) is 12.4. The fourth-order valence-electron chi connectivity index (χ4n) is 1.53. The summed E-state index contributed by atoms with van der Waals surface area (Å²) in [4.78, 5) is 14.3. The van der Waals surface area contributed by atoms with E-state index in [0.717, 1.165) is 11.1 Å². The van der Waals surface area contributed by atoms with Crippen molar-refractivity contribution in [2.45, 2.75) is 13.5 Å². The Morgan fingerprint density at radius 2 is 2.29 bits per heavy atom. The van der Waals surface area contributed by atoms with E-state index in [1.54, 1.807) is 13.0 Å². The van der Waals surface area contributed by atoms with E-state index in [4.69, 9.17) is 10.2 Å². The zero-order valence-corrected chi connectivity index (χ0v) is 9.21. The molecule has 17 heavy (non-hydrogen) atoms. The van der Waals surface area contributed by atoms with Gasteiger partial charge in [-0.3, -0.25) is 10.1 Å². The summed E-state index contributed by atoms with van der Waals surface area (Å²) in [5, 5.41) is 10.6. The first-order valence-electron chi connectivity index (χ1n) is 5.01. The van der Waals surface area contributed by atoms with Crippen LogP contribution in [0.3, 0.4) is 0 Å². The van der Waals surface area contributed by atoms with E-state index < -0.39 is 4.92 Å². The molecule has 2 aromatic rings. The molecule has 0 radical (unpaired) electrons. The minimum atomic E-state index is -0.433. The van der Waals surface area contributed by atoms with Crippen LogP contribution in [0.25, 0.3) is 11.5 Å². The zero-order valence-electron chi connectivity index (χ0n) is 9.21. The van der Waals surface area contributed by atoms with Gasteiger partial charge in [-0.25, -0.2) is 4.98 Å². The number of rotatable bonds is 3. The minimum Gasteiger partial charge on any atom is -0.444 e. The van der Waals surface area contributed by atoms with Gasteiger partial charge in [-0.2, -0.15) is 0 Å². The molecule has 0 saturated heterocycles. The summed E-state index contributed by atoms with van der Waals surface area (Å²) in [6.07, 6.45) is 1.48. The van der Waals surface area contributed by atoms with Crippen molar-refractivity contribution in [3.63, 3.8) is 0 Å². The van der Waals surface area contributed by atoms with E-state index in [0.29, 0.717) is 18.1 Å². The highest BCUT2D eigenvalue weighted by molar-refractivity contribution is 5.61. The molecule has 0 saturated carbocycles. The quantitative estimate of drug-likeness (QED) is 0.646. The lowest BCUT2D eigenvalue weighted by Gasteiger charge is -2.00. The SMILES string of the molecule is Cc1cc([N+](=O)[O-])ccc1-c1nc(CN)co1. The fraction of sp³-hybridized carbons (Fsp3) is 0.182. The van der Waals surface area contributed by atoms with Crippen LogP contribution in [-0.2, 0) is 6.54 Å². The van der Waals surface area contributed by atoms with Crippen LogP contribution in [0.5, 0.6) is 0 Å². The molecule has 1 aromatic carbocycles. The van der Waals surface area contributed by atoms with E-state index in [-0.39, 0.29) is 5.69 Å². The van der Waals surface area contributed by atoms with Gasteiger partial charge in [0.1, 0.15) is 6.26 Å². The number of non-ortho nitro benzene ring substituents is 1. The second-order valence-corrected chi connectivity index (χ2v) is 3.60. The largest absolute Gasteiger partial charge is 0.444 e. The normalized spacial score (nSPS) is 10.5. The topological polar surface area (TPSA) is 95.2 Å². The Morgan fingerprint density at radius 1 is 1.53 bits per heavy atom. The number of nitro benzene ring substituents is 1. The molecule has 2 N–H and O–H groups in total. The van der Waals surface area contributed by atoms with Gasteiger partial charge < -0.3 is 10.2 Å². The maximum absolute atomic E-state index is 10.6. The first-order chi connectivity index (χ1) is 8.11. The Labute approximate surface area is 97.2 Å². The van der Waals surface area contributed by atoms with Gasteiger partial charge in [0.25, 0.3) is 5.69 Å². The molecule has 0 aliphatic rings. The summed E-state index contributed by atoms with van der Waals surface area (Å²) < 4.78 is 5.26. The van der Waals surface area contributed by atoms with Crippen LogP contribution in [0.4, 0.5) is 5.69 Å². The van der Waals surface area contributed by atoms with Crippen molar-refractivity contribution in [1.82, 2.24) is 4.98 Å². The summed E-state index contributed by atoms with van der Waals surface area (Å²) in [5.74, 6) is 0.429. The first-order valence-corrected chi connectivity index (χ1v) is 5.01. The Kier molecular flexibility index (Phi) is 2.88. The number of nitrogens with zero attached hydrogens (tertiary/aromatic N) is 2. The van der Waals surface area contributed by atoms with Crippen LogP contribution in [-0.4, -0.2) is 9.91 Å². The molecular formula is C11H11N3O3. The number of aromatic nitrogens is 1. The number of hydrogen-bond donors (Lipinski definition) is 1. The lowest BCUT2D eigenvalue weighted by Crippen LogP contribution is -1.96. The summed E-state index contributed by atoms with van der Waals surface area (Å²) >= 11 is 0. The third kappa shape index (κ3) is 2.16. The molecule has 0 spiro atoms. The highest BCUT2D eigenvalue weighted by Crippen LogP contribution is 2.26. The fourth-order valence-corrected chi connectivity index (χ4v) is 1.53. The highest BCUT2D eigenvalue weighted by atomic mass is 16.6. The molecular weight excluding hydrogens is 222 g/mol. The third-order valence-electron chi connectivity index (χ3n) is 2.41. The molecule has 0 aliphatic carbocycles. The molecule has 0 atom stereocenters. The highest BCUT2D eigenvalue weighted by Gasteiger charge is 2.12. The number of hydrogen-bond acceptors (Lipinski definition) is 5.